The molecule has 0 spiro atoms. The summed E-state index contributed by atoms with van der Waals surface area (Å²) >= 11 is 1.72. The zero-order valence-corrected chi connectivity index (χ0v) is 10.9. The molecule has 0 bridgehead atoms. The van der Waals surface area contributed by atoms with Crippen LogP contribution in [0.1, 0.15) is 16.8 Å². The van der Waals surface area contributed by atoms with Gasteiger partial charge in [-0.1, -0.05) is 0 Å². The molecule has 1 aromatic carbocycles. The van der Waals surface area contributed by atoms with Gasteiger partial charge in [0.2, 0.25) is 0 Å². The van der Waals surface area contributed by atoms with Crippen LogP contribution in [0.5, 0.6) is 5.75 Å². The van der Waals surface area contributed by atoms with Gasteiger partial charge in [0.15, 0.2) is 0 Å². The second kappa shape index (κ2) is 7.06. The van der Waals surface area contributed by atoms with E-state index in [1.54, 1.807) is 30.0 Å². The maximum atomic E-state index is 11.8. The highest BCUT2D eigenvalue weighted by Crippen LogP contribution is 2.21. The van der Waals surface area contributed by atoms with E-state index in [4.69, 9.17) is 15.2 Å². The highest BCUT2D eigenvalue weighted by Gasteiger charge is 2.13. The molecule has 5 heteroatoms. The lowest BCUT2D eigenvalue weighted by Gasteiger charge is -2.09. The second-order valence-corrected chi connectivity index (χ2v) is 4.43. The van der Waals surface area contributed by atoms with Crippen molar-refractivity contribution in [2.24, 2.45) is 0 Å². The van der Waals surface area contributed by atoms with Crippen molar-refractivity contribution in [1.29, 1.82) is 0 Å². The SMILES string of the molecule is COc1ccc(N)cc1C(=O)OCCCSC. The first-order chi connectivity index (χ1) is 8.19. The van der Waals surface area contributed by atoms with Crippen molar-refractivity contribution in [2.75, 3.05) is 31.5 Å². The molecule has 17 heavy (non-hydrogen) atoms. The summed E-state index contributed by atoms with van der Waals surface area (Å²) in [7, 11) is 1.51. The number of hydrogen-bond donors (Lipinski definition) is 1. The Morgan fingerprint density at radius 3 is 2.88 bits per heavy atom. The highest BCUT2D eigenvalue weighted by molar-refractivity contribution is 7.98. The minimum Gasteiger partial charge on any atom is -0.496 e. The van der Waals surface area contributed by atoms with Crippen molar-refractivity contribution < 1.29 is 14.3 Å². The number of rotatable bonds is 6. The van der Waals surface area contributed by atoms with E-state index < -0.39 is 5.97 Å². The zero-order chi connectivity index (χ0) is 12.7. The van der Waals surface area contributed by atoms with Gasteiger partial charge in [0.1, 0.15) is 11.3 Å². The molecule has 0 aromatic heterocycles. The maximum Gasteiger partial charge on any atom is 0.341 e. The van der Waals surface area contributed by atoms with Crippen molar-refractivity contribution in [3.05, 3.63) is 23.8 Å². The lowest BCUT2D eigenvalue weighted by Crippen LogP contribution is -2.09. The Morgan fingerprint density at radius 1 is 1.47 bits per heavy atom. The number of methoxy groups -OCH3 is 1. The molecule has 0 heterocycles. The van der Waals surface area contributed by atoms with Crippen molar-refractivity contribution >= 4 is 23.4 Å². The predicted octanol–water partition coefficient (Wildman–Crippen LogP) is 2.19. The molecular formula is C12H17NO3S. The topological polar surface area (TPSA) is 61.5 Å². The summed E-state index contributed by atoms with van der Waals surface area (Å²) in [6.07, 6.45) is 2.86. The number of esters is 1. The van der Waals surface area contributed by atoms with Gasteiger partial charge < -0.3 is 15.2 Å². The molecule has 1 aromatic rings. The molecule has 0 saturated heterocycles. The number of anilines is 1. The van der Waals surface area contributed by atoms with Crippen LogP contribution >= 0.6 is 11.8 Å². The van der Waals surface area contributed by atoms with E-state index in [0.29, 0.717) is 23.6 Å². The molecule has 4 nitrogen and oxygen atoms in total. The van der Waals surface area contributed by atoms with Crippen LogP contribution in [0.15, 0.2) is 18.2 Å². The quantitative estimate of drug-likeness (QED) is 0.479. The number of nitrogen functional groups attached to an aromatic ring is 1. The van der Waals surface area contributed by atoms with E-state index >= 15 is 0 Å². The summed E-state index contributed by atoms with van der Waals surface area (Å²) < 4.78 is 10.2. The van der Waals surface area contributed by atoms with Crippen LogP contribution < -0.4 is 10.5 Å². The van der Waals surface area contributed by atoms with E-state index in [1.807, 2.05) is 6.26 Å². The molecule has 1 rings (SSSR count). The third-order valence-corrected chi connectivity index (χ3v) is 2.87. The molecule has 0 amide bonds. The summed E-state index contributed by atoms with van der Waals surface area (Å²) in [5, 5.41) is 0. The van der Waals surface area contributed by atoms with Crippen LogP contribution in [-0.2, 0) is 4.74 Å². The number of thioether (sulfide) groups is 1. The van der Waals surface area contributed by atoms with E-state index in [1.165, 1.54) is 7.11 Å². The monoisotopic (exact) mass is 255 g/mol. The zero-order valence-electron chi connectivity index (χ0n) is 10.1. The minimum absolute atomic E-state index is 0.372. The van der Waals surface area contributed by atoms with Gasteiger partial charge in [0.05, 0.1) is 13.7 Å². The van der Waals surface area contributed by atoms with Crippen molar-refractivity contribution in [2.45, 2.75) is 6.42 Å². The first kappa shape index (κ1) is 13.7. The average molecular weight is 255 g/mol. The Labute approximate surface area is 105 Å². The number of benzene rings is 1. The van der Waals surface area contributed by atoms with Crippen molar-refractivity contribution in [1.82, 2.24) is 0 Å². The summed E-state index contributed by atoms with van der Waals surface area (Å²) in [6.45, 7) is 0.414. The number of carbonyl (C=O) groups is 1. The fourth-order valence-electron chi connectivity index (χ4n) is 1.33. The predicted molar refractivity (Wildman–Crippen MR) is 70.7 cm³/mol. The molecule has 2 N–H and O–H groups in total. The van der Waals surface area contributed by atoms with Crippen molar-refractivity contribution in [3.63, 3.8) is 0 Å². The summed E-state index contributed by atoms with van der Waals surface area (Å²) in [4.78, 5) is 11.8. The first-order valence-corrected chi connectivity index (χ1v) is 6.68. The third kappa shape index (κ3) is 4.19. The third-order valence-electron chi connectivity index (χ3n) is 2.17. The van der Waals surface area contributed by atoms with E-state index in [0.717, 1.165) is 12.2 Å². The fraction of sp³-hybridized carbons (Fsp3) is 0.417. The summed E-state index contributed by atoms with van der Waals surface area (Å²) in [5.74, 6) is 1.06. The van der Waals surface area contributed by atoms with Crippen molar-refractivity contribution in [3.8, 4) is 5.75 Å². The van der Waals surface area contributed by atoms with Crippen LogP contribution in [0.2, 0.25) is 0 Å². The fourth-order valence-corrected chi connectivity index (χ4v) is 1.74. The van der Waals surface area contributed by atoms with E-state index in [2.05, 4.69) is 0 Å². The number of carbonyl (C=O) groups excluding carboxylic acids is 1. The van der Waals surface area contributed by atoms with Crippen LogP contribution in [0.4, 0.5) is 5.69 Å². The summed E-state index contributed by atoms with van der Waals surface area (Å²) in [6, 6.07) is 4.91. The Morgan fingerprint density at radius 2 is 2.24 bits per heavy atom. The van der Waals surface area contributed by atoms with Gasteiger partial charge in [-0.15, -0.1) is 0 Å². The van der Waals surface area contributed by atoms with Gasteiger partial charge in [-0.25, -0.2) is 4.79 Å². The van der Waals surface area contributed by atoms with Gasteiger partial charge in [-0.3, -0.25) is 0 Å². The second-order valence-electron chi connectivity index (χ2n) is 3.44. The molecule has 94 valence electrons. The Balaban J connectivity index is 2.64. The Kier molecular flexibility index (Phi) is 5.69. The molecule has 0 aliphatic heterocycles. The first-order valence-electron chi connectivity index (χ1n) is 5.28. The molecule has 0 fully saturated rings. The van der Waals surface area contributed by atoms with E-state index in [-0.39, 0.29) is 0 Å². The Hall–Kier alpha value is -1.36. The lowest BCUT2D eigenvalue weighted by atomic mass is 10.2. The standard InChI is InChI=1S/C12H17NO3S/c1-15-11-5-4-9(13)8-10(11)12(14)16-6-3-7-17-2/h4-5,8H,3,6-7,13H2,1-2H3. The highest BCUT2D eigenvalue weighted by atomic mass is 32.2. The number of hydrogen-bond acceptors (Lipinski definition) is 5. The number of ether oxygens (including phenoxy) is 2. The normalized spacial score (nSPS) is 10.0. The van der Waals surface area contributed by atoms with E-state index in [9.17, 15) is 4.79 Å². The van der Waals surface area contributed by atoms with Gasteiger partial charge in [-0.2, -0.15) is 11.8 Å². The molecule has 0 aliphatic rings. The maximum absolute atomic E-state index is 11.8. The molecule has 0 aliphatic carbocycles. The molecule has 0 atom stereocenters. The number of nitrogens with two attached hydrogens (primary N) is 1. The largest absolute Gasteiger partial charge is 0.496 e. The van der Waals surface area contributed by atoms with Crippen LogP contribution in [0.25, 0.3) is 0 Å². The summed E-state index contributed by atoms with van der Waals surface area (Å²) in [5.41, 5.74) is 6.52. The van der Waals surface area contributed by atoms with Crippen LogP contribution in [-0.4, -0.2) is 31.7 Å². The van der Waals surface area contributed by atoms with Gasteiger partial charge >= 0.3 is 5.97 Å². The van der Waals surface area contributed by atoms with Crippen LogP contribution in [0, 0.1) is 0 Å². The average Bonchev–Trinajstić information content (AvgIpc) is 2.34. The molecule has 0 unspecified atom stereocenters. The van der Waals surface area contributed by atoms with Gasteiger partial charge in [-0.05, 0) is 36.6 Å². The Bertz CT molecular complexity index is 382. The van der Waals surface area contributed by atoms with Gasteiger partial charge in [0.25, 0.3) is 0 Å². The molecular weight excluding hydrogens is 238 g/mol. The lowest BCUT2D eigenvalue weighted by molar-refractivity contribution is 0.0503. The smallest absolute Gasteiger partial charge is 0.341 e. The minimum atomic E-state index is -0.393. The van der Waals surface area contributed by atoms with Gasteiger partial charge in [0, 0.05) is 5.69 Å². The van der Waals surface area contributed by atoms with Crippen LogP contribution in [0.3, 0.4) is 0 Å². The molecule has 0 radical (unpaired) electrons. The molecule has 0 saturated carbocycles.